The quantitative estimate of drug-likeness (QED) is 0.460. The Hall–Kier alpha value is -2.96. The number of ether oxygens (including phenoxy) is 2. The summed E-state index contributed by atoms with van der Waals surface area (Å²) in [6.07, 6.45) is 2.11. The summed E-state index contributed by atoms with van der Waals surface area (Å²) in [6.45, 7) is 0.135. The number of aldehydes is 1. The number of nitro benzene ring substituents is 1. The van der Waals surface area contributed by atoms with Gasteiger partial charge in [0, 0.05) is 18.3 Å². The zero-order valence-corrected chi connectivity index (χ0v) is 11.2. The van der Waals surface area contributed by atoms with Crippen LogP contribution in [0.2, 0.25) is 0 Å². The number of hydrogen-bond acceptors (Lipinski definition) is 6. The number of rotatable bonds is 6. The van der Waals surface area contributed by atoms with Crippen molar-refractivity contribution in [3.63, 3.8) is 0 Å². The molecular formula is C14H12N2O5. The molecule has 7 nitrogen and oxygen atoms in total. The molecule has 0 aliphatic heterocycles. The minimum absolute atomic E-state index is 0.118. The number of nitro groups is 1. The van der Waals surface area contributed by atoms with E-state index in [0.29, 0.717) is 17.7 Å². The third kappa shape index (κ3) is 3.33. The first-order chi connectivity index (χ1) is 10.2. The highest BCUT2D eigenvalue weighted by molar-refractivity contribution is 5.80. The van der Waals surface area contributed by atoms with Gasteiger partial charge in [-0.1, -0.05) is 0 Å². The van der Waals surface area contributed by atoms with E-state index in [4.69, 9.17) is 9.47 Å². The molecule has 21 heavy (non-hydrogen) atoms. The molecule has 0 unspecified atom stereocenters. The van der Waals surface area contributed by atoms with Gasteiger partial charge in [0.2, 0.25) is 5.88 Å². The Labute approximate surface area is 120 Å². The summed E-state index contributed by atoms with van der Waals surface area (Å²) >= 11 is 0. The summed E-state index contributed by atoms with van der Waals surface area (Å²) < 4.78 is 10.6. The maximum absolute atomic E-state index is 11.0. The molecule has 0 N–H and O–H groups in total. The van der Waals surface area contributed by atoms with Gasteiger partial charge in [0.05, 0.1) is 23.2 Å². The van der Waals surface area contributed by atoms with E-state index < -0.39 is 4.92 Å². The van der Waals surface area contributed by atoms with Crippen LogP contribution in [0, 0.1) is 10.1 Å². The van der Waals surface area contributed by atoms with Gasteiger partial charge in [-0.2, -0.15) is 0 Å². The van der Waals surface area contributed by atoms with Gasteiger partial charge in [0.15, 0.2) is 6.29 Å². The highest BCUT2D eigenvalue weighted by atomic mass is 16.6. The number of carbonyl (C=O) groups is 1. The Balaban J connectivity index is 2.20. The highest BCUT2D eigenvalue weighted by Gasteiger charge is 2.12. The summed E-state index contributed by atoms with van der Waals surface area (Å²) in [5.41, 5.74) is 0.658. The van der Waals surface area contributed by atoms with E-state index >= 15 is 0 Å². The first-order valence-electron chi connectivity index (χ1n) is 6.00. The minimum Gasteiger partial charge on any atom is -0.488 e. The molecule has 0 spiro atoms. The van der Waals surface area contributed by atoms with Gasteiger partial charge in [-0.3, -0.25) is 14.9 Å². The van der Waals surface area contributed by atoms with Crippen molar-refractivity contribution in [2.75, 3.05) is 7.11 Å². The van der Waals surface area contributed by atoms with Crippen molar-refractivity contribution in [2.45, 2.75) is 6.61 Å². The normalized spacial score (nSPS) is 9.95. The van der Waals surface area contributed by atoms with Crippen LogP contribution < -0.4 is 9.47 Å². The molecule has 0 saturated heterocycles. The van der Waals surface area contributed by atoms with Crippen LogP contribution in [0.1, 0.15) is 15.9 Å². The Morgan fingerprint density at radius 3 is 2.86 bits per heavy atom. The van der Waals surface area contributed by atoms with Crippen molar-refractivity contribution in [3.05, 3.63) is 57.8 Å². The van der Waals surface area contributed by atoms with Crippen molar-refractivity contribution in [1.29, 1.82) is 0 Å². The van der Waals surface area contributed by atoms with Crippen molar-refractivity contribution < 1.29 is 19.2 Å². The molecule has 2 aromatic rings. The van der Waals surface area contributed by atoms with E-state index in [1.165, 1.54) is 25.3 Å². The van der Waals surface area contributed by atoms with E-state index in [1.807, 2.05) is 0 Å². The molecule has 1 heterocycles. The lowest BCUT2D eigenvalue weighted by Crippen LogP contribution is -2.02. The van der Waals surface area contributed by atoms with Gasteiger partial charge in [-0.15, -0.1) is 0 Å². The van der Waals surface area contributed by atoms with Crippen LogP contribution in [-0.2, 0) is 6.61 Å². The molecule has 0 atom stereocenters. The number of hydrogen-bond donors (Lipinski definition) is 0. The number of nitrogens with zero attached hydrogens (tertiary/aromatic N) is 2. The molecule has 0 amide bonds. The van der Waals surface area contributed by atoms with Gasteiger partial charge in [0.1, 0.15) is 12.4 Å². The van der Waals surface area contributed by atoms with Gasteiger partial charge in [-0.05, 0) is 18.2 Å². The molecular weight excluding hydrogens is 276 g/mol. The van der Waals surface area contributed by atoms with E-state index in [0.717, 1.165) is 0 Å². The van der Waals surface area contributed by atoms with Crippen LogP contribution in [0.5, 0.6) is 11.6 Å². The summed E-state index contributed by atoms with van der Waals surface area (Å²) in [5, 5.41) is 10.7. The predicted octanol–water partition coefficient (Wildman–Crippen LogP) is 2.39. The standard InChI is InChI=1S/C14H12N2O5/c1-20-14-10(3-2-6-15-14)9-21-13-5-4-12(16(18)19)7-11(13)8-17/h2-8H,9H2,1H3. The van der Waals surface area contributed by atoms with Gasteiger partial charge in [0.25, 0.3) is 5.69 Å². The number of aromatic nitrogens is 1. The lowest BCUT2D eigenvalue weighted by molar-refractivity contribution is -0.384. The number of benzene rings is 1. The van der Waals surface area contributed by atoms with Crippen LogP contribution in [0.25, 0.3) is 0 Å². The number of carbonyl (C=O) groups excluding carboxylic acids is 1. The molecule has 0 fully saturated rings. The first-order valence-corrected chi connectivity index (χ1v) is 6.00. The summed E-state index contributed by atoms with van der Waals surface area (Å²) in [7, 11) is 1.49. The number of non-ortho nitro benzene ring substituents is 1. The number of methoxy groups -OCH3 is 1. The van der Waals surface area contributed by atoms with E-state index in [2.05, 4.69) is 4.98 Å². The smallest absolute Gasteiger partial charge is 0.270 e. The molecule has 108 valence electrons. The third-order valence-corrected chi connectivity index (χ3v) is 2.76. The lowest BCUT2D eigenvalue weighted by atomic mass is 10.2. The molecule has 0 radical (unpaired) electrons. The Morgan fingerprint density at radius 2 is 2.19 bits per heavy atom. The van der Waals surface area contributed by atoms with Crippen LogP contribution in [0.15, 0.2) is 36.5 Å². The Morgan fingerprint density at radius 1 is 1.38 bits per heavy atom. The lowest BCUT2D eigenvalue weighted by Gasteiger charge is -2.10. The van der Waals surface area contributed by atoms with E-state index in [1.54, 1.807) is 18.3 Å². The molecule has 1 aromatic heterocycles. The third-order valence-electron chi connectivity index (χ3n) is 2.76. The zero-order chi connectivity index (χ0) is 15.2. The second-order valence-electron chi connectivity index (χ2n) is 4.06. The minimum atomic E-state index is -0.569. The number of pyridine rings is 1. The maximum Gasteiger partial charge on any atom is 0.270 e. The van der Waals surface area contributed by atoms with Crippen molar-refractivity contribution in [2.24, 2.45) is 0 Å². The largest absolute Gasteiger partial charge is 0.488 e. The average molecular weight is 288 g/mol. The van der Waals surface area contributed by atoms with Gasteiger partial charge in [-0.25, -0.2) is 4.98 Å². The second kappa shape index (κ2) is 6.47. The molecule has 0 aliphatic carbocycles. The van der Waals surface area contributed by atoms with Crippen molar-refractivity contribution in [1.82, 2.24) is 4.98 Å². The highest BCUT2D eigenvalue weighted by Crippen LogP contribution is 2.24. The fourth-order valence-electron chi connectivity index (χ4n) is 1.75. The Kier molecular flexibility index (Phi) is 4.45. The van der Waals surface area contributed by atoms with Crippen LogP contribution in [0.3, 0.4) is 0 Å². The molecule has 0 aliphatic rings. The average Bonchev–Trinajstić information content (AvgIpc) is 2.52. The van der Waals surface area contributed by atoms with Crippen LogP contribution >= 0.6 is 0 Å². The van der Waals surface area contributed by atoms with Gasteiger partial charge < -0.3 is 9.47 Å². The molecule has 0 saturated carbocycles. The summed E-state index contributed by atoms with van der Waals surface area (Å²) in [4.78, 5) is 25.1. The fourth-order valence-corrected chi connectivity index (χ4v) is 1.75. The van der Waals surface area contributed by atoms with Crippen molar-refractivity contribution in [3.8, 4) is 11.6 Å². The van der Waals surface area contributed by atoms with Crippen molar-refractivity contribution >= 4 is 12.0 Å². The zero-order valence-electron chi connectivity index (χ0n) is 11.2. The topological polar surface area (TPSA) is 91.6 Å². The maximum atomic E-state index is 11.0. The molecule has 0 bridgehead atoms. The SMILES string of the molecule is COc1ncccc1COc1ccc([N+](=O)[O-])cc1C=O. The fraction of sp³-hybridized carbons (Fsp3) is 0.143. The van der Waals surface area contributed by atoms with E-state index in [-0.39, 0.29) is 23.6 Å². The summed E-state index contributed by atoms with van der Waals surface area (Å²) in [6, 6.07) is 7.35. The van der Waals surface area contributed by atoms with Crippen LogP contribution in [0.4, 0.5) is 5.69 Å². The predicted molar refractivity (Wildman–Crippen MR) is 73.6 cm³/mol. The molecule has 2 rings (SSSR count). The van der Waals surface area contributed by atoms with Gasteiger partial charge >= 0.3 is 0 Å². The van der Waals surface area contributed by atoms with E-state index in [9.17, 15) is 14.9 Å². The second-order valence-corrected chi connectivity index (χ2v) is 4.06. The van der Waals surface area contributed by atoms with Crippen LogP contribution in [-0.4, -0.2) is 23.3 Å². The first kappa shape index (κ1) is 14.4. The monoisotopic (exact) mass is 288 g/mol. The molecule has 1 aromatic carbocycles. The Bertz CT molecular complexity index is 672. The molecule has 7 heteroatoms. The summed E-state index contributed by atoms with van der Waals surface area (Å²) in [5.74, 6) is 0.688.